The molecule has 15 heavy (non-hydrogen) atoms. The number of nitriles is 1. The predicted molar refractivity (Wildman–Crippen MR) is 59.1 cm³/mol. The third-order valence-electron chi connectivity index (χ3n) is 2.75. The first-order valence-corrected chi connectivity index (χ1v) is 5.44. The summed E-state index contributed by atoms with van der Waals surface area (Å²) in [5.74, 6) is 0.679. The van der Waals surface area contributed by atoms with Crippen LogP contribution in [0.2, 0.25) is 5.02 Å². The summed E-state index contributed by atoms with van der Waals surface area (Å²) in [5, 5.41) is 9.68. The first kappa shape index (κ1) is 10.3. The molecule has 0 bridgehead atoms. The minimum absolute atomic E-state index is 0.267. The topological polar surface area (TPSA) is 33.0 Å². The van der Waals surface area contributed by atoms with E-state index in [1.807, 2.05) is 19.1 Å². The molecule has 2 nitrogen and oxygen atoms in total. The lowest BCUT2D eigenvalue weighted by Gasteiger charge is -2.10. The van der Waals surface area contributed by atoms with Gasteiger partial charge in [-0.05, 0) is 37.5 Å². The molecule has 1 aliphatic carbocycles. The maximum absolute atomic E-state index is 9.08. The van der Waals surface area contributed by atoms with Crippen LogP contribution in [0.5, 0.6) is 5.75 Å². The molecule has 1 aromatic carbocycles. The van der Waals surface area contributed by atoms with Gasteiger partial charge in [0, 0.05) is 0 Å². The second-order valence-electron chi connectivity index (χ2n) is 3.77. The molecule has 0 aromatic heterocycles. The van der Waals surface area contributed by atoms with E-state index in [4.69, 9.17) is 21.6 Å². The summed E-state index contributed by atoms with van der Waals surface area (Å²) >= 11 is 5.98. The summed E-state index contributed by atoms with van der Waals surface area (Å²) in [6, 6.07) is 7.97. The molecule has 0 heterocycles. The average Bonchev–Trinajstić information content (AvgIpc) is 3.02. The van der Waals surface area contributed by atoms with Crippen LogP contribution >= 0.6 is 11.6 Å². The van der Waals surface area contributed by atoms with Crippen molar-refractivity contribution in [3.63, 3.8) is 0 Å². The van der Waals surface area contributed by atoms with Gasteiger partial charge in [0.1, 0.15) is 5.75 Å². The van der Waals surface area contributed by atoms with E-state index in [2.05, 4.69) is 6.07 Å². The Kier molecular flexibility index (Phi) is 2.58. The third-order valence-corrected chi connectivity index (χ3v) is 3.06. The lowest BCUT2D eigenvalue weighted by atomic mass is 9.98. The smallest absolute Gasteiger partial charge is 0.138 e. The number of benzene rings is 1. The van der Waals surface area contributed by atoms with Gasteiger partial charge in [-0.15, -0.1) is 0 Å². The number of ether oxygens (including phenoxy) is 1. The first-order chi connectivity index (χ1) is 7.22. The van der Waals surface area contributed by atoms with Gasteiger partial charge in [0.05, 0.1) is 23.1 Å². The van der Waals surface area contributed by atoms with Crippen LogP contribution in [-0.4, -0.2) is 6.61 Å². The van der Waals surface area contributed by atoms with Crippen molar-refractivity contribution in [3.05, 3.63) is 28.8 Å². The zero-order valence-corrected chi connectivity index (χ0v) is 9.34. The molecule has 1 fully saturated rings. The predicted octanol–water partition coefficient (Wildman–Crippen LogP) is 3.29. The molecule has 1 aliphatic rings. The van der Waals surface area contributed by atoms with Gasteiger partial charge >= 0.3 is 0 Å². The lowest BCUT2D eigenvalue weighted by molar-refractivity contribution is 0.340. The molecule has 0 unspecified atom stereocenters. The molecule has 1 aromatic rings. The monoisotopic (exact) mass is 221 g/mol. The normalized spacial score (nSPS) is 16.9. The SMILES string of the molecule is CCOc1cc(C2(C#N)CC2)ccc1Cl. The van der Waals surface area contributed by atoms with Crippen molar-refractivity contribution in [2.75, 3.05) is 6.61 Å². The van der Waals surface area contributed by atoms with Crippen molar-refractivity contribution in [1.82, 2.24) is 0 Å². The summed E-state index contributed by atoms with van der Waals surface area (Å²) in [5.41, 5.74) is 0.758. The fourth-order valence-corrected chi connectivity index (χ4v) is 1.83. The Morgan fingerprint density at radius 1 is 1.53 bits per heavy atom. The van der Waals surface area contributed by atoms with Crippen LogP contribution in [-0.2, 0) is 5.41 Å². The Balaban J connectivity index is 2.35. The van der Waals surface area contributed by atoms with Crippen molar-refractivity contribution in [2.45, 2.75) is 25.2 Å². The van der Waals surface area contributed by atoms with Gasteiger partial charge in [-0.25, -0.2) is 0 Å². The molecule has 1 saturated carbocycles. The van der Waals surface area contributed by atoms with Gasteiger partial charge in [0.2, 0.25) is 0 Å². The van der Waals surface area contributed by atoms with Gasteiger partial charge in [0.15, 0.2) is 0 Å². The molecule has 0 saturated heterocycles. The molecule has 0 radical (unpaired) electrons. The Bertz CT molecular complexity index is 418. The highest BCUT2D eigenvalue weighted by Gasteiger charge is 2.45. The van der Waals surface area contributed by atoms with E-state index in [9.17, 15) is 0 Å². The van der Waals surface area contributed by atoms with Crippen LogP contribution in [0, 0.1) is 11.3 Å². The van der Waals surface area contributed by atoms with Crippen molar-refractivity contribution in [1.29, 1.82) is 5.26 Å². The summed E-state index contributed by atoms with van der Waals surface area (Å²) in [4.78, 5) is 0. The highest BCUT2D eigenvalue weighted by Crippen LogP contribution is 2.48. The summed E-state index contributed by atoms with van der Waals surface area (Å²) < 4.78 is 5.40. The van der Waals surface area contributed by atoms with E-state index in [1.165, 1.54) is 0 Å². The van der Waals surface area contributed by atoms with Gasteiger partial charge in [-0.3, -0.25) is 0 Å². The summed E-state index contributed by atoms with van der Waals surface area (Å²) in [7, 11) is 0. The van der Waals surface area contributed by atoms with Crippen LogP contribution in [0.15, 0.2) is 18.2 Å². The average molecular weight is 222 g/mol. The third kappa shape index (κ3) is 1.80. The molecular weight excluding hydrogens is 210 g/mol. The van der Waals surface area contributed by atoms with Gasteiger partial charge in [-0.2, -0.15) is 5.26 Å². The van der Waals surface area contributed by atoms with Crippen LogP contribution in [0.3, 0.4) is 0 Å². The van der Waals surface area contributed by atoms with Crippen molar-refractivity contribution in [3.8, 4) is 11.8 Å². The largest absolute Gasteiger partial charge is 0.492 e. The van der Waals surface area contributed by atoms with Crippen LogP contribution in [0.1, 0.15) is 25.3 Å². The van der Waals surface area contributed by atoms with Crippen LogP contribution in [0.4, 0.5) is 0 Å². The Morgan fingerprint density at radius 2 is 2.27 bits per heavy atom. The van der Waals surface area contributed by atoms with E-state index >= 15 is 0 Å². The molecule has 0 atom stereocenters. The summed E-state index contributed by atoms with van der Waals surface area (Å²) in [6.45, 7) is 2.50. The van der Waals surface area contributed by atoms with E-state index in [-0.39, 0.29) is 5.41 Å². The number of rotatable bonds is 3. The number of hydrogen-bond donors (Lipinski definition) is 0. The lowest BCUT2D eigenvalue weighted by Crippen LogP contribution is -2.03. The molecule has 0 amide bonds. The number of halogens is 1. The minimum Gasteiger partial charge on any atom is -0.492 e. The molecule has 3 heteroatoms. The maximum Gasteiger partial charge on any atom is 0.138 e. The van der Waals surface area contributed by atoms with Gasteiger partial charge in [-0.1, -0.05) is 17.7 Å². The number of nitrogens with zero attached hydrogens (tertiary/aromatic N) is 1. The Hall–Kier alpha value is -1.20. The van der Waals surface area contributed by atoms with E-state index < -0.39 is 0 Å². The second kappa shape index (κ2) is 3.75. The van der Waals surface area contributed by atoms with Gasteiger partial charge in [0.25, 0.3) is 0 Å². The maximum atomic E-state index is 9.08. The molecule has 0 N–H and O–H groups in total. The number of hydrogen-bond acceptors (Lipinski definition) is 2. The van der Waals surface area contributed by atoms with Crippen LogP contribution < -0.4 is 4.74 Å². The summed E-state index contributed by atoms with van der Waals surface area (Å²) in [6.07, 6.45) is 1.88. The molecule has 2 rings (SSSR count). The first-order valence-electron chi connectivity index (χ1n) is 5.06. The molecule has 0 spiro atoms. The van der Waals surface area contributed by atoms with Crippen molar-refractivity contribution in [2.24, 2.45) is 0 Å². The fourth-order valence-electron chi connectivity index (χ4n) is 1.66. The molecular formula is C12H12ClNO. The van der Waals surface area contributed by atoms with Crippen molar-refractivity contribution < 1.29 is 4.74 Å². The zero-order chi connectivity index (χ0) is 10.9. The minimum atomic E-state index is -0.267. The van der Waals surface area contributed by atoms with E-state index in [0.29, 0.717) is 17.4 Å². The highest BCUT2D eigenvalue weighted by atomic mass is 35.5. The standard InChI is InChI=1S/C12H12ClNO/c1-2-15-11-7-9(3-4-10(11)13)12(8-14)5-6-12/h3-4,7H,2,5-6H2,1H3. The fraction of sp³-hybridized carbons (Fsp3) is 0.417. The van der Waals surface area contributed by atoms with E-state index in [1.54, 1.807) is 6.07 Å². The van der Waals surface area contributed by atoms with E-state index in [0.717, 1.165) is 18.4 Å². The van der Waals surface area contributed by atoms with Crippen LogP contribution in [0.25, 0.3) is 0 Å². The Morgan fingerprint density at radius 3 is 2.80 bits per heavy atom. The highest BCUT2D eigenvalue weighted by molar-refractivity contribution is 6.32. The second-order valence-corrected chi connectivity index (χ2v) is 4.18. The molecule has 0 aliphatic heterocycles. The van der Waals surface area contributed by atoms with Gasteiger partial charge < -0.3 is 4.74 Å². The van der Waals surface area contributed by atoms with Crippen molar-refractivity contribution >= 4 is 11.6 Å². The molecule has 78 valence electrons. The Labute approximate surface area is 94.4 Å². The quantitative estimate of drug-likeness (QED) is 0.785. The zero-order valence-electron chi connectivity index (χ0n) is 8.59.